The van der Waals surface area contributed by atoms with Gasteiger partial charge in [-0.2, -0.15) is 17.8 Å². The molecule has 1 saturated carbocycles. The Bertz CT molecular complexity index is 1150. The Morgan fingerprint density at radius 2 is 1.85 bits per heavy atom. The normalized spacial score (nSPS) is 20.4. The molecule has 0 spiro atoms. The van der Waals surface area contributed by atoms with E-state index in [0.717, 1.165) is 42.5 Å². The van der Waals surface area contributed by atoms with Gasteiger partial charge in [-0.1, -0.05) is 30.3 Å². The first kappa shape index (κ1) is 23.9. The van der Waals surface area contributed by atoms with Crippen LogP contribution in [0.4, 0.5) is 0 Å². The van der Waals surface area contributed by atoms with Gasteiger partial charge in [0.2, 0.25) is 0 Å². The van der Waals surface area contributed by atoms with Gasteiger partial charge in [-0.15, -0.1) is 0 Å². The number of hydrogen-bond acceptors (Lipinski definition) is 4. The minimum atomic E-state index is -3.53. The van der Waals surface area contributed by atoms with Crippen molar-refractivity contribution in [2.45, 2.75) is 50.5 Å². The van der Waals surface area contributed by atoms with Crippen molar-refractivity contribution in [1.82, 2.24) is 18.6 Å². The molecule has 0 bridgehead atoms. The largest absolute Gasteiger partial charge is 0.377 e. The van der Waals surface area contributed by atoms with Crippen molar-refractivity contribution in [1.29, 1.82) is 0 Å². The van der Waals surface area contributed by atoms with E-state index in [1.807, 2.05) is 17.5 Å². The third kappa shape index (κ3) is 5.81. The quantitative estimate of drug-likeness (QED) is 0.515. The number of aryl methyl sites for hydroxylation is 1. The molecule has 0 radical (unpaired) electrons. The highest BCUT2D eigenvalue weighted by atomic mass is 32.2. The number of fused-ring (bicyclic) bond motifs is 1. The fourth-order valence-electron chi connectivity index (χ4n) is 4.62. The Balaban J connectivity index is 1.46. The average molecular weight is 471 g/mol. The highest BCUT2D eigenvalue weighted by molar-refractivity contribution is 7.87. The number of benzene rings is 1. The molecule has 0 saturated heterocycles. The summed E-state index contributed by atoms with van der Waals surface area (Å²) in [5, 5.41) is 4.47. The van der Waals surface area contributed by atoms with Gasteiger partial charge in [0, 0.05) is 38.4 Å². The molecule has 4 rings (SSSR count). The minimum Gasteiger partial charge on any atom is -0.377 e. The second-order valence-corrected chi connectivity index (χ2v) is 11.1. The fourth-order valence-corrected chi connectivity index (χ4v) is 5.29. The van der Waals surface area contributed by atoms with E-state index in [2.05, 4.69) is 52.3 Å². The second kappa shape index (κ2) is 10.3. The highest BCUT2D eigenvalue weighted by Gasteiger charge is 2.26. The van der Waals surface area contributed by atoms with Gasteiger partial charge in [0.1, 0.15) is 0 Å². The smallest absolute Gasteiger partial charge is 0.278 e. The molecule has 7 nitrogen and oxygen atoms in total. The van der Waals surface area contributed by atoms with Crippen LogP contribution in [0.5, 0.6) is 0 Å². The van der Waals surface area contributed by atoms with E-state index in [0.29, 0.717) is 12.5 Å². The fraction of sp³-hybridized carbons (Fsp3) is 0.480. The molecule has 178 valence electrons. The van der Waals surface area contributed by atoms with Crippen molar-refractivity contribution in [2.75, 3.05) is 27.2 Å². The Morgan fingerprint density at radius 1 is 1.12 bits per heavy atom. The van der Waals surface area contributed by atoms with Crippen molar-refractivity contribution < 1.29 is 13.2 Å². The molecule has 1 aromatic carbocycles. The Hall–Kier alpha value is -2.26. The molecule has 3 aromatic rings. The molecule has 1 aliphatic carbocycles. The van der Waals surface area contributed by atoms with Gasteiger partial charge in [0.05, 0.1) is 18.2 Å². The number of nitrogens with zero attached hydrogens (tertiary/aromatic N) is 3. The summed E-state index contributed by atoms with van der Waals surface area (Å²) in [6, 6.07) is 16.8. The number of hydrogen-bond donors (Lipinski definition) is 1. The van der Waals surface area contributed by atoms with E-state index >= 15 is 0 Å². The lowest BCUT2D eigenvalue weighted by Gasteiger charge is -2.30. The van der Waals surface area contributed by atoms with E-state index in [1.165, 1.54) is 24.0 Å². The molecule has 0 amide bonds. The first-order valence-corrected chi connectivity index (χ1v) is 13.1. The van der Waals surface area contributed by atoms with Gasteiger partial charge in [0.25, 0.3) is 10.2 Å². The molecule has 0 aliphatic heterocycles. The summed E-state index contributed by atoms with van der Waals surface area (Å²) in [4.78, 5) is 0. The zero-order chi connectivity index (χ0) is 23.4. The maximum absolute atomic E-state index is 12.4. The number of rotatable bonds is 9. The molecular formula is C25H34N4O3S. The standard InChI is InChI=1S/C25H34N4O3S/c1-19-15-23-13-14-26-29(23)25(16-19)22(17-27-33(30,31)28(2)3)18-32-24-11-9-21(10-12-24)20-7-5-4-6-8-20/h4-8,13-16,21-22,24,27H,9-12,17-18H2,1-3H3/t21-,22?,24+. The van der Waals surface area contributed by atoms with Crippen LogP contribution in [0.2, 0.25) is 0 Å². The summed E-state index contributed by atoms with van der Waals surface area (Å²) in [5.74, 6) is 0.433. The molecule has 1 unspecified atom stereocenters. The Morgan fingerprint density at radius 3 is 2.55 bits per heavy atom. The SMILES string of the molecule is Cc1cc(C(CNS(=O)(=O)N(C)C)CO[C@H]2CC[C@@H](c3ccccc3)CC2)n2nccc2c1. The van der Waals surface area contributed by atoms with Gasteiger partial charge < -0.3 is 4.74 Å². The minimum absolute atomic E-state index is 0.158. The zero-order valence-electron chi connectivity index (χ0n) is 19.6. The maximum Gasteiger partial charge on any atom is 0.278 e. The van der Waals surface area contributed by atoms with E-state index in [-0.39, 0.29) is 18.6 Å². The van der Waals surface area contributed by atoms with E-state index in [9.17, 15) is 8.42 Å². The van der Waals surface area contributed by atoms with Crippen LogP contribution in [-0.4, -0.2) is 55.7 Å². The summed E-state index contributed by atoms with van der Waals surface area (Å²) in [6.45, 7) is 2.73. The first-order valence-electron chi connectivity index (χ1n) is 11.6. The zero-order valence-corrected chi connectivity index (χ0v) is 20.5. The van der Waals surface area contributed by atoms with Gasteiger partial charge in [-0.05, 0) is 67.9 Å². The molecule has 2 heterocycles. The molecule has 2 aromatic heterocycles. The predicted octanol–water partition coefficient (Wildman–Crippen LogP) is 3.87. The molecule has 8 heteroatoms. The Labute approximate surface area is 196 Å². The monoisotopic (exact) mass is 470 g/mol. The van der Waals surface area contributed by atoms with Crippen LogP contribution in [0.25, 0.3) is 5.52 Å². The average Bonchev–Trinajstić information content (AvgIpc) is 3.28. The van der Waals surface area contributed by atoms with Gasteiger partial charge in [-0.3, -0.25) is 0 Å². The summed E-state index contributed by atoms with van der Waals surface area (Å²) in [6.07, 6.45) is 6.21. The van der Waals surface area contributed by atoms with Crippen LogP contribution >= 0.6 is 0 Å². The molecule has 1 fully saturated rings. The van der Waals surface area contributed by atoms with E-state index in [4.69, 9.17) is 4.74 Å². The van der Waals surface area contributed by atoms with Crippen LogP contribution in [0.3, 0.4) is 0 Å². The molecule has 1 N–H and O–H groups in total. The van der Waals surface area contributed by atoms with Gasteiger partial charge >= 0.3 is 0 Å². The molecule has 1 aliphatic rings. The third-order valence-electron chi connectivity index (χ3n) is 6.56. The van der Waals surface area contributed by atoms with E-state index < -0.39 is 10.2 Å². The maximum atomic E-state index is 12.4. The van der Waals surface area contributed by atoms with Crippen LogP contribution in [0.1, 0.15) is 54.3 Å². The van der Waals surface area contributed by atoms with Crippen molar-refractivity contribution in [2.24, 2.45) is 0 Å². The van der Waals surface area contributed by atoms with E-state index in [1.54, 1.807) is 6.20 Å². The molecule has 33 heavy (non-hydrogen) atoms. The summed E-state index contributed by atoms with van der Waals surface area (Å²) >= 11 is 0. The van der Waals surface area contributed by atoms with Crippen molar-refractivity contribution >= 4 is 15.7 Å². The first-order chi connectivity index (χ1) is 15.8. The lowest BCUT2D eigenvalue weighted by Crippen LogP contribution is -2.39. The highest BCUT2D eigenvalue weighted by Crippen LogP contribution is 2.34. The van der Waals surface area contributed by atoms with Crippen molar-refractivity contribution in [3.8, 4) is 0 Å². The van der Waals surface area contributed by atoms with Crippen LogP contribution in [0, 0.1) is 6.92 Å². The second-order valence-electron chi connectivity index (χ2n) is 9.18. The summed E-state index contributed by atoms with van der Waals surface area (Å²) in [5.41, 5.74) is 4.47. The van der Waals surface area contributed by atoms with Gasteiger partial charge in [-0.25, -0.2) is 9.24 Å². The predicted molar refractivity (Wildman–Crippen MR) is 131 cm³/mol. The lowest BCUT2D eigenvalue weighted by atomic mass is 9.83. The number of aromatic nitrogens is 2. The van der Waals surface area contributed by atoms with Crippen LogP contribution in [0.15, 0.2) is 54.7 Å². The summed E-state index contributed by atoms with van der Waals surface area (Å²) in [7, 11) is -0.484. The van der Waals surface area contributed by atoms with Crippen molar-refractivity contribution in [3.63, 3.8) is 0 Å². The molecular weight excluding hydrogens is 436 g/mol. The van der Waals surface area contributed by atoms with Gasteiger partial charge in [0.15, 0.2) is 0 Å². The lowest BCUT2D eigenvalue weighted by molar-refractivity contribution is 0.0163. The number of pyridine rings is 1. The third-order valence-corrected chi connectivity index (χ3v) is 8.05. The number of ether oxygens (including phenoxy) is 1. The molecule has 1 atom stereocenters. The van der Waals surface area contributed by atoms with Crippen molar-refractivity contribution in [3.05, 3.63) is 71.5 Å². The number of nitrogens with one attached hydrogen (secondary N) is 1. The topological polar surface area (TPSA) is 75.9 Å². The van der Waals surface area contributed by atoms with Crippen LogP contribution in [-0.2, 0) is 14.9 Å². The summed E-state index contributed by atoms with van der Waals surface area (Å²) < 4.78 is 36.9. The Kier molecular flexibility index (Phi) is 7.48. The van der Waals surface area contributed by atoms with Crippen LogP contribution < -0.4 is 4.72 Å².